The fraction of sp³-hybridized carbons (Fsp3) is 0.333. The van der Waals surface area contributed by atoms with E-state index in [0.717, 1.165) is 41.5 Å². The van der Waals surface area contributed by atoms with Crippen LogP contribution >= 0.6 is 34.5 Å². The lowest BCUT2D eigenvalue weighted by Gasteiger charge is -2.21. The van der Waals surface area contributed by atoms with E-state index in [1.165, 1.54) is 0 Å². The number of carbonyl (C=O) groups excluding carboxylic acids is 1. The predicted molar refractivity (Wildman–Crippen MR) is 133 cm³/mol. The molecule has 0 radical (unpaired) electrons. The zero-order chi connectivity index (χ0) is 22.4. The third-order valence-electron chi connectivity index (χ3n) is 4.73. The number of thiazole rings is 1. The molecule has 4 nitrogen and oxygen atoms in total. The molecule has 0 fully saturated rings. The predicted octanol–water partition coefficient (Wildman–Crippen LogP) is 6.92. The molecular weight excluding hydrogens is 449 g/mol. The van der Waals surface area contributed by atoms with Crippen molar-refractivity contribution in [2.24, 2.45) is 5.92 Å². The molecule has 0 aliphatic heterocycles. The Hall–Kier alpha value is -2.08. The lowest BCUT2D eigenvalue weighted by atomic mass is 10.1. The maximum absolute atomic E-state index is 12.2. The molecule has 1 N–H and O–H groups in total. The molecule has 7 heteroatoms. The summed E-state index contributed by atoms with van der Waals surface area (Å²) in [6, 6.07) is 13.4. The van der Waals surface area contributed by atoms with Gasteiger partial charge >= 0.3 is 0 Å². The summed E-state index contributed by atoms with van der Waals surface area (Å²) in [5.41, 5.74) is 3.66. The van der Waals surface area contributed by atoms with Crippen molar-refractivity contribution in [1.82, 2.24) is 10.3 Å². The molecule has 0 bridgehead atoms. The highest BCUT2D eigenvalue weighted by Gasteiger charge is 2.14. The highest BCUT2D eigenvalue weighted by Crippen LogP contribution is 2.32. The Bertz CT molecular complexity index is 1020. The SMILES string of the molecule is CCCN(Cc1ccc(C(=O)NCC(C)C)cc1)c1nc(-c2ccc(Cl)c(Cl)c2)cs1. The van der Waals surface area contributed by atoms with Gasteiger partial charge in [0, 0.05) is 36.1 Å². The lowest BCUT2D eigenvalue weighted by Crippen LogP contribution is -2.27. The van der Waals surface area contributed by atoms with E-state index in [-0.39, 0.29) is 5.91 Å². The van der Waals surface area contributed by atoms with Gasteiger partial charge < -0.3 is 10.2 Å². The van der Waals surface area contributed by atoms with Crippen molar-refractivity contribution in [2.45, 2.75) is 33.7 Å². The molecule has 2 aromatic carbocycles. The molecule has 1 heterocycles. The normalized spacial score (nSPS) is 11.0. The number of hydrogen-bond donors (Lipinski definition) is 1. The van der Waals surface area contributed by atoms with Crippen LogP contribution < -0.4 is 10.2 Å². The second-order valence-corrected chi connectivity index (χ2v) is 9.52. The van der Waals surface area contributed by atoms with Gasteiger partial charge in [-0.2, -0.15) is 0 Å². The van der Waals surface area contributed by atoms with Crippen LogP contribution in [0.15, 0.2) is 47.8 Å². The Labute approximate surface area is 198 Å². The van der Waals surface area contributed by atoms with Crippen LogP contribution in [-0.4, -0.2) is 24.0 Å². The van der Waals surface area contributed by atoms with Crippen LogP contribution in [0.5, 0.6) is 0 Å². The number of carbonyl (C=O) groups is 1. The molecule has 1 amide bonds. The molecule has 0 spiro atoms. The molecule has 164 valence electrons. The summed E-state index contributed by atoms with van der Waals surface area (Å²) < 4.78 is 0. The van der Waals surface area contributed by atoms with Gasteiger partial charge in [0.15, 0.2) is 5.13 Å². The van der Waals surface area contributed by atoms with Gasteiger partial charge in [-0.1, -0.05) is 62.2 Å². The largest absolute Gasteiger partial charge is 0.352 e. The molecule has 3 rings (SSSR count). The van der Waals surface area contributed by atoms with Gasteiger partial charge in [0.05, 0.1) is 15.7 Å². The monoisotopic (exact) mass is 475 g/mol. The third-order valence-corrected chi connectivity index (χ3v) is 6.37. The fourth-order valence-corrected chi connectivity index (χ4v) is 4.25. The molecule has 31 heavy (non-hydrogen) atoms. The lowest BCUT2D eigenvalue weighted by molar-refractivity contribution is 0.0949. The Balaban J connectivity index is 1.72. The number of hydrogen-bond acceptors (Lipinski definition) is 4. The molecular formula is C24H27Cl2N3OS. The number of nitrogens with one attached hydrogen (secondary N) is 1. The quantitative estimate of drug-likeness (QED) is 0.365. The van der Waals surface area contributed by atoms with E-state index in [0.29, 0.717) is 28.1 Å². The van der Waals surface area contributed by atoms with Crippen LogP contribution in [-0.2, 0) is 6.54 Å². The van der Waals surface area contributed by atoms with Crippen LogP contribution in [0.3, 0.4) is 0 Å². The molecule has 3 aromatic rings. The van der Waals surface area contributed by atoms with E-state index in [1.54, 1.807) is 17.4 Å². The first-order valence-electron chi connectivity index (χ1n) is 10.4. The summed E-state index contributed by atoms with van der Waals surface area (Å²) >= 11 is 13.8. The maximum atomic E-state index is 12.2. The van der Waals surface area contributed by atoms with Crippen molar-refractivity contribution in [3.63, 3.8) is 0 Å². The maximum Gasteiger partial charge on any atom is 0.251 e. The van der Waals surface area contributed by atoms with Crippen LogP contribution in [0, 0.1) is 5.92 Å². The number of halogens is 2. The first-order chi connectivity index (χ1) is 14.9. The Morgan fingerprint density at radius 2 is 1.87 bits per heavy atom. The van der Waals surface area contributed by atoms with Crippen LogP contribution in [0.1, 0.15) is 43.1 Å². The van der Waals surface area contributed by atoms with Crippen molar-refractivity contribution in [3.05, 3.63) is 69.0 Å². The van der Waals surface area contributed by atoms with Crippen molar-refractivity contribution < 1.29 is 4.79 Å². The third kappa shape index (κ3) is 6.45. The van der Waals surface area contributed by atoms with Gasteiger partial charge in [-0.15, -0.1) is 11.3 Å². The molecule has 0 aliphatic rings. The molecule has 1 aromatic heterocycles. The van der Waals surface area contributed by atoms with Gasteiger partial charge in [0.2, 0.25) is 0 Å². The minimum atomic E-state index is -0.0307. The van der Waals surface area contributed by atoms with Gasteiger partial charge in [-0.3, -0.25) is 4.79 Å². The molecule has 0 saturated carbocycles. The summed E-state index contributed by atoms with van der Waals surface area (Å²) in [6.45, 7) is 8.62. The second kappa shape index (κ2) is 11.0. The number of rotatable bonds is 9. The van der Waals surface area contributed by atoms with Gasteiger partial charge in [0.25, 0.3) is 5.91 Å². The molecule has 0 atom stereocenters. The first-order valence-corrected chi connectivity index (χ1v) is 12.0. The van der Waals surface area contributed by atoms with E-state index in [2.05, 4.69) is 31.0 Å². The van der Waals surface area contributed by atoms with Crippen molar-refractivity contribution in [1.29, 1.82) is 0 Å². The summed E-state index contributed by atoms with van der Waals surface area (Å²) in [4.78, 5) is 19.3. The van der Waals surface area contributed by atoms with E-state index in [4.69, 9.17) is 28.2 Å². The Morgan fingerprint density at radius 3 is 2.52 bits per heavy atom. The standard InChI is InChI=1S/C24H27Cl2N3OS/c1-4-11-29(14-17-5-7-18(8-6-17)23(30)27-13-16(2)3)24-28-22(15-31-24)19-9-10-20(25)21(26)12-19/h5-10,12,15-16H,4,11,13-14H2,1-3H3,(H,27,30). The van der Waals surface area contributed by atoms with Gasteiger partial charge in [-0.25, -0.2) is 4.98 Å². The van der Waals surface area contributed by atoms with Crippen molar-refractivity contribution >= 4 is 45.6 Å². The topological polar surface area (TPSA) is 45.2 Å². The molecule has 0 aliphatic carbocycles. The van der Waals surface area contributed by atoms with Crippen LogP contribution in [0.4, 0.5) is 5.13 Å². The first kappa shape index (κ1) is 23.6. The fourth-order valence-electron chi connectivity index (χ4n) is 3.09. The zero-order valence-electron chi connectivity index (χ0n) is 18.0. The number of benzene rings is 2. The minimum Gasteiger partial charge on any atom is -0.352 e. The molecule has 0 saturated heterocycles. The van der Waals surface area contributed by atoms with Crippen molar-refractivity contribution in [3.8, 4) is 11.3 Å². The van der Waals surface area contributed by atoms with E-state index >= 15 is 0 Å². The number of anilines is 1. The summed E-state index contributed by atoms with van der Waals surface area (Å²) in [7, 11) is 0. The average molecular weight is 476 g/mol. The van der Waals surface area contributed by atoms with Crippen LogP contribution in [0.2, 0.25) is 10.0 Å². The van der Waals surface area contributed by atoms with Crippen molar-refractivity contribution in [2.75, 3.05) is 18.0 Å². The Morgan fingerprint density at radius 1 is 1.13 bits per heavy atom. The van der Waals surface area contributed by atoms with Gasteiger partial charge in [-0.05, 0) is 42.2 Å². The van der Waals surface area contributed by atoms with Gasteiger partial charge in [0.1, 0.15) is 0 Å². The highest BCUT2D eigenvalue weighted by atomic mass is 35.5. The number of aromatic nitrogens is 1. The molecule has 0 unspecified atom stereocenters. The summed E-state index contributed by atoms with van der Waals surface area (Å²) in [6.07, 6.45) is 1.01. The summed E-state index contributed by atoms with van der Waals surface area (Å²) in [5.74, 6) is 0.398. The van der Waals surface area contributed by atoms with E-state index in [1.807, 2.05) is 41.8 Å². The van der Waals surface area contributed by atoms with E-state index in [9.17, 15) is 4.79 Å². The van der Waals surface area contributed by atoms with E-state index < -0.39 is 0 Å². The smallest absolute Gasteiger partial charge is 0.251 e. The van der Waals surface area contributed by atoms with Crippen LogP contribution in [0.25, 0.3) is 11.3 Å². The summed E-state index contributed by atoms with van der Waals surface area (Å²) in [5, 5.41) is 7.02. The zero-order valence-corrected chi connectivity index (χ0v) is 20.3. The number of amides is 1. The minimum absolute atomic E-state index is 0.0307. The highest BCUT2D eigenvalue weighted by molar-refractivity contribution is 7.14. The Kier molecular flexibility index (Phi) is 8.35. The second-order valence-electron chi connectivity index (χ2n) is 7.87. The number of nitrogens with zero attached hydrogens (tertiary/aromatic N) is 2. The average Bonchev–Trinajstić information content (AvgIpc) is 3.24.